The zero-order chi connectivity index (χ0) is 28.6. The summed E-state index contributed by atoms with van der Waals surface area (Å²) < 4.78 is 34.0. The van der Waals surface area contributed by atoms with Gasteiger partial charge >= 0.3 is 6.61 Å². The second-order valence-electron chi connectivity index (χ2n) is 9.92. The number of ether oxygens (including phenoxy) is 1. The molecule has 1 aliphatic rings. The first kappa shape index (κ1) is 27.3. The predicted octanol–water partition coefficient (Wildman–Crippen LogP) is 2.78. The fraction of sp³-hybridized carbons (Fsp3) is 0.357. The van der Waals surface area contributed by atoms with E-state index < -0.39 is 13.2 Å². The number of aliphatic hydroxyl groups is 1. The lowest BCUT2D eigenvalue weighted by Crippen LogP contribution is -2.54. The molecule has 2 aromatic heterocycles. The first-order valence-corrected chi connectivity index (χ1v) is 12.9. The van der Waals surface area contributed by atoms with Crippen LogP contribution in [0.5, 0.6) is 5.75 Å². The van der Waals surface area contributed by atoms with E-state index in [-0.39, 0.29) is 29.8 Å². The van der Waals surface area contributed by atoms with E-state index in [1.807, 2.05) is 30.9 Å². The van der Waals surface area contributed by atoms with Crippen molar-refractivity contribution >= 4 is 22.8 Å². The maximum absolute atomic E-state index is 13.0. The number of halogens is 2. The van der Waals surface area contributed by atoms with Gasteiger partial charge in [-0.25, -0.2) is 9.97 Å². The van der Waals surface area contributed by atoms with Gasteiger partial charge in [-0.3, -0.25) is 19.0 Å². The summed E-state index contributed by atoms with van der Waals surface area (Å²) >= 11 is 0. The van der Waals surface area contributed by atoms with Gasteiger partial charge in [0.1, 0.15) is 12.4 Å². The zero-order valence-corrected chi connectivity index (χ0v) is 22.4. The Balaban J connectivity index is 1.44. The highest BCUT2D eigenvalue weighted by molar-refractivity contribution is 5.84. The van der Waals surface area contributed by atoms with Crippen molar-refractivity contribution in [2.24, 2.45) is 7.05 Å². The summed E-state index contributed by atoms with van der Waals surface area (Å²) in [5.74, 6) is 0.305. The molecule has 4 aromatic rings. The van der Waals surface area contributed by atoms with E-state index >= 15 is 0 Å². The highest BCUT2D eigenvalue weighted by Crippen LogP contribution is 2.27. The molecule has 10 nitrogen and oxygen atoms in total. The Bertz CT molecular complexity index is 1600. The van der Waals surface area contributed by atoms with Gasteiger partial charge in [-0.2, -0.15) is 8.78 Å². The number of aliphatic hydroxyl groups excluding tert-OH is 1. The van der Waals surface area contributed by atoms with Crippen molar-refractivity contribution in [3.05, 3.63) is 70.3 Å². The van der Waals surface area contributed by atoms with Crippen LogP contribution < -0.4 is 15.2 Å². The van der Waals surface area contributed by atoms with Crippen molar-refractivity contribution in [3.63, 3.8) is 0 Å². The van der Waals surface area contributed by atoms with E-state index in [9.17, 15) is 18.4 Å². The topological polar surface area (TPSA) is 106 Å². The molecule has 1 aliphatic heterocycles. The molecule has 0 saturated carbocycles. The fourth-order valence-electron chi connectivity index (χ4n) is 5.15. The minimum Gasteiger partial charge on any atom is -0.434 e. The Labute approximate surface area is 229 Å². The van der Waals surface area contributed by atoms with Crippen LogP contribution in [0.25, 0.3) is 22.0 Å². The molecular weight excluding hydrogens is 522 g/mol. The average molecular weight is 553 g/mol. The predicted molar refractivity (Wildman–Crippen MR) is 146 cm³/mol. The molecule has 3 heterocycles. The smallest absolute Gasteiger partial charge is 0.387 e. The maximum atomic E-state index is 13.0. The number of aromatic nitrogens is 4. The first-order valence-electron chi connectivity index (χ1n) is 12.9. The number of fused-ring (bicyclic) bond motifs is 1. The number of nitrogens with zero attached hydrogens (tertiary/aromatic N) is 6. The van der Waals surface area contributed by atoms with Gasteiger partial charge in [0.05, 0.1) is 17.4 Å². The molecule has 0 radical (unpaired) electrons. The number of carbonyl (C=O) groups is 1. The van der Waals surface area contributed by atoms with Crippen LogP contribution in [0.15, 0.2) is 53.6 Å². The van der Waals surface area contributed by atoms with Gasteiger partial charge in [-0.05, 0) is 37.6 Å². The lowest BCUT2D eigenvalue weighted by molar-refractivity contribution is -0.134. The second-order valence-corrected chi connectivity index (χ2v) is 9.92. The number of rotatable bonds is 7. The third-order valence-electron chi connectivity index (χ3n) is 7.26. The van der Waals surface area contributed by atoms with E-state index in [0.29, 0.717) is 42.0 Å². The van der Waals surface area contributed by atoms with Crippen LogP contribution >= 0.6 is 0 Å². The van der Waals surface area contributed by atoms with Crippen LogP contribution in [0.4, 0.5) is 14.7 Å². The van der Waals surface area contributed by atoms with Crippen molar-refractivity contribution in [1.29, 1.82) is 0 Å². The number of carbonyl (C=O) groups excluding carboxylic acids is 1. The molecule has 1 N–H and O–H groups in total. The number of amides is 1. The molecule has 12 heteroatoms. The van der Waals surface area contributed by atoms with E-state index in [1.54, 1.807) is 47.2 Å². The molecule has 210 valence electrons. The molecule has 0 spiro atoms. The summed E-state index contributed by atoms with van der Waals surface area (Å²) in [5.41, 5.74) is 3.37. The fourth-order valence-corrected chi connectivity index (χ4v) is 5.15. The minimum atomic E-state index is -2.96. The zero-order valence-electron chi connectivity index (χ0n) is 22.4. The maximum Gasteiger partial charge on any atom is 0.387 e. The molecule has 1 saturated heterocycles. The quantitative estimate of drug-likeness (QED) is 0.376. The molecule has 5 rings (SSSR count). The van der Waals surface area contributed by atoms with E-state index in [1.165, 1.54) is 10.7 Å². The van der Waals surface area contributed by atoms with Crippen LogP contribution in [-0.4, -0.2) is 74.1 Å². The standard InChI is InChI=1S/C28H30F2N6O4/c1-17-4-7-24(40-27(29)30)20(10-17)15-36-23-11-19(5-6-22(23)26(39)33(36)3)21-12-31-28(32-13-21)35-9-8-34(14-18(35)2)25(38)16-37/h4-7,10-13,18,27,37H,8-9,14-16H2,1-3H3/t18-/m0/s1. The number of alkyl halides is 2. The third kappa shape index (κ3) is 5.26. The Hall–Kier alpha value is -4.32. The Morgan fingerprint density at radius 2 is 1.88 bits per heavy atom. The molecule has 1 amide bonds. The van der Waals surface area contributed by atoms with Crippen LogP contribution in [0.2, 0.25) is 0 Å². The molecule has 1 atom stereocenters. The summed E-state index contributed by atoms with van der Waals surface area (Å²) in [7, 11) is 1.64. The van der Waals surface area contributed by atoms with Gasteiger partial charge < -0.3 is 19.6 Å². The van der Waals surface area contributed by atoms with Gasteiger partial charge in [0.25, 0.3) is 5.56 Å². The van der Waals surface area contributed by atoms with Crippen molar-refractivity contribution in [2.45, 2.75) is 33.0 Å². The Kier molecular flexibility index (Phi) is 7.53. The number of benzene rings is 2. The number of piperazine rings is 1. The van der Waals surface area contributed by atoms with Gasteiger partial charge in [-0.15, -0.1) is 0 Å². The van der Waals surface area contributed by atoms with Gasteiger partial charge in [-0.1, -0.05) is 23.8 Å². The average Bonchev–Trinajstić information content (AvgIpc) is 3.18. The second kappa shape index (κ2) is 11.0. The Morgan fingerprint density at radius 3 is 2.55 bits per heavy atom. The van der Waals surface area contributed by atoms with Crippen LogP contribution in [0.1, 0.15) is 18.1 Å². The summed E-state index contributed by atoms with van der Waals surface area (Å²) in [4.78, 5) is 37.6. The van der Waals surface area contributed by atoms with Crippen LogP contribution in [0.3, 0.4) is 0 Å². The molecule has 0 aliphatic carbocycles. The van der Waals surface area contributed by atoms with E-state index in [0.717, 1.165) is 16.7 Å². The van der Waals surface area contributed by atoms with Gasteiger partial charge in [0, 0.05) is 56.2 Å². The Morgan fingerprint density at radius 1 is 1.12 bits per heavy atom. The van der Waals surface area contributed by atoms with Crippen LogP contribution in [0, 0.1) is 6.92 Å². The van der Waals surface area contributed by atoms with E-state index in [2.05, 4.69) is 9.97 Å². The van der Waals surface area contributed by atoms with Crippen LogP contribution in [-0.2, 0) is 18.4 Å². The summed E-state index contributed by atoms with van der Waals surface area (Å²) in [5, 5.41) is 9.64. The van der Waals surface area contributed by atoms with Crippen molar-refractivity contribution in [1.82, 2.24) is 24.2 Å². The normalized spacial score (nSPS) is 15.7. The largest absolute Gasteiger partial charge is 0.434 e. The molecule has 0 bridgehead atoms. The minimum absolute atomic E-state index is 0.0224. The summed E-state index contributed by atoms with van der Waals surface area (Å²) in [6.07, 6.45) is 3.42. The van der Waals surface area contributed by atoms with E-state index in [4.69, 9.17) is 9.84 Å². The molecular formula is C28H30F2N6O4. The molecule has 0 unspecified atom stereocenters. The number of hydrogen-bond acceptors (Lipinski definition) is 7. The monoisotopic (exact) mass is 552 g/mol. The number of anilines is 1. The highest BCUT2D eigenvalue weighted by Gasteiger charge is 2.28. The summed E-state index contributed by atoms with van der Waals surface area (Å²) in [6.45, 7) is 2.01. The summed E-state index contributed by atoms with van der Waals surface area (Å²) in [6, 6.07) is 10.4. The number of hydrogen-bond donors (Lipinski definition) is 1. The van der Waals surface area contributed by atoms with Gasteiger partial charge in [0.15, 0.2) is 0 Å². The van der Waals surface area contributed by atoms with Crippen molar-refractivity contribution < 1.29 is 23.4 Å². The van der Waals surface area contributed by atoms with Crippen molar-refractivity contribution in [3.8, 4) is 16.9 Å². The number of aryl methyl sites for hydroxylation is 1. The lowest BCUT2D eigenvalue weighted by atomic mass is 10.1. The molecule has 2 aromatic carbocycles. The van der Waals surface area contributed by atoms with Gasteiger partial charge in [0.2, 0.25) is 11.9 Å². The SMILES string of the molecule is Cc1ccc(OC(F)F)c(Cn2c3cc(-c4cnc(N5CCN(C(=O)CO)C[C@@H]5C)nc4)ccc3c(=O)n2C)c1. The molecule has 1 fully saturated rings. The van der Waals surface area contributed by atoms with Crippen molar-refractivity contribution in [2.75, 3.05) is 31.1 Å². The first-order chi connectivity index (χ1) is 19.2. The lowest BCUT2D eigenvalue weighted by Gasteiger charge is -2.39. The highest BCUT2D eigenvalue weighted by atomic mass is 19.3. The molecule has 40 heavy (non-hydrogen) atoms. The third-order valence-corrected chi connectivity index (χ3v) is 7.26.